The summed E-state index contributed by atoms with van der Waals surface area (Å²) in [5, 5.41) is 3.57. The van der Waals surface area contributed by atoms with Gasteiger partial charge in [-0.25, -0.2) is 13.4 Å². The van der Waals surface area contributed by atoms with E-state index in [9.17, 15) is 8.42 Å². The standard InChI is InChI=1S/C19H25ClN4O4S/c1-11(2)13-8-16(27-3)14(20)9-15(13)28-17-10-22-19(24-18(17)21)23-12-4-6-29(25,26)7-5-12/h8-12H,4-7H2,1-3H3,(H3,21,22,23,24). The molecule has 0 saturated carbocycles. The van der Waals surface area contributed by atoms with Gasteiger partial charge in [-0.3, -0.25) is 0 Å². The summed E-state index contributed by atoms with van der Waals surface area (Å²) in [6, 6.07) is 3.52. The number of anilines is 2. The Morgan fingerprint density at radius 3 is 2.48 bits per heavy atom. The van der Waals surface area contributed by atoms with Crippen LogP contribution in [0.1, 0.15) is 38.2 Å². The van der Waals surface area contributed by atoms with Crippen LogP contribution in [0.3, 0.4) is 0 Å². The highest BCUT2D eigenvalue weighted by atomic mass is 35.5. The van der Waals surface area contributed by atoms with E-state index in [4.69, 9.17) is 26.8 Å². The zero-order valence-electron chi connectivity index (χ0n) is 16.6. The average Bonchev–Trinajstić information content (AvgIpc) is 2.65. The molecule has 1 saturated heterocycles. The van der Waals surface area contributed by atoms with E-state index in [1.165, 1.54) is 6.20 Å². The van der Waals surface area contributed by atoms with Crippen molar-refractivity contribution in [2.45, 2.75) is 38.6 Å². The predicted octanol–water partition coefficient (Wildman–Crippen LogP) is 3.63. The first kappa shape index (κ1) is 21.4. The highest BCUT2D eigenvalue weighted by molar-refractivity contribution is 7.91. The van der Waals surface area contributed by atoms with Gasteiger partial charge in [0.1, 0.15) is 21.3 Å². The molecule has 3 rings (SSSR count). The molecule has 0 amide bonds. The first-order chi connectivity index (χ1) is 13.7. The molecule has 1 aliphatic heterocycles. The summed E-state index contributed by atoms with van der Waals surface area (Å²) in [5.41, 5.74) is 6.98. The summed E-state index contributed by atoms with van der Waals surface area (Å²) in [4.78, 5) is 8.52. The summed E-state index contributed by atoms with van der Waals surface area (Å²) in [7, 11) is -1.36. The summed E-state index contributed by atoms with van der Waals surface area (Å²) in [6.45, 7) is 4.07. The summed E-state index contributed by atoms with van der Waals surface area (Å²) in [5.74, 6) is 2.45. The smallest absolute Gasteiger partial charge is 0.225 e. The molecule has 10 heteroatoms. The fourth-order valence-electron chi connectivity index (χ4n) is 3.11. The lowest BCUT2D eigenvalue weighted by atomic mass is 10.0. The number of benzene rings is 1. The molecular formula is C19H25ClN4O4S. The van der Waals surface area contributed by atoms with Gasteiger partial charge < -0.3 is 20.5 Å². The molecule has 1 aromatic carbocycles. The van der Waals surface area contributed by atoms with Crippen molar-refractivity contribution in [3.05, 3.63) is 28.9 Å². The molecule has 1 aromatic heterocycles. The Kier molecular flexibility index (Phi) is 6.38. The van der Waals surface area contributed by atoms with Crippen molar-refractivity contribution in [3.8, 4) is 17.2 Å². The number of nitrogen functional groups attached to an aromatic ring is 1. The van der Waals surface area contributed by atoms with Crippen molar-refractivity contribution in [1.82, 2.24) is 9.97 Å². The fourth-order valence-corrected chi connectivity index (χ4v) is 4.84. The second-order valence-corrected chi connectivity index (χ2v) is 10.0. The van der Waals surface area contributed by atoms with Crippen LogP contribution in [0.2, 0.25) is 5.02 Å². The summed E-state index contributed by atoms with van der Waals surface area (Å²) < 4.78 is 34.3. The van der Waals surface area contributed by atoms with Gasteiger partial charge in [-0.15, -0.1) is 0 Å². The highest BCUT2D eigenvalue weighted by Gasteiger charge is 2.24. The number of methoxy groups -OCH3 is 1. The van der Waals surface area contributed by atoms with Gasteiger partial charge in [-0.2, -0.15) is 4.98 Å². The summed E-state index contributed by atoms with van der Waals surface area (Å²) in [6.07, 6.45) is 2.53. The van der Waals surface area contributed by atoms with Gasteiger partial charge in [0.05, 0.1) is 29.8 Å². The van der Waals surface area contributed by atoms with Crippen molar-refractivity contribution >= 4 is 33.2 Å². The highest BCUT2D eigenvalue weighted by Crippen LogP contribution is 2.39. The molecule has 2 heterocycles. The van der Waals surface area contributed by atoms with E-state index in [2.05, 4.69) is 15.3 Å². The van der Waals surface area contributed by atoms with Crippen LogP contribution in [0, 0.1) is 0 Å². The number of aromatic nitrogens is 2. The van der Waals surface area contributed by atoms with Crippen molar-refractivity contribution in [3.63, 3.8) is 0 Å². The van der Waals surface area contributed by atoms with E-state index in [0.29, 0.717) is 41.1 Å². The minimum absolute atomic E-state index is 0.00219. The number of nitrogens with one attached hydrogen (secondary N) is 1. The van der Waals surface area contributed by atoms with E-state index in [0.717, 1.165) is 5.56 Å². The zero-order chi connectivity index (χ0) is 21.2. The van der Waals surface area contributed by atoms with Crippen molar-refractivity contribution in [2.24, 2.45) is 0 Å². The predicted molar refractivity (Wildman–Crippen MR) is 114 cm³/mol. The zero-order valence-corrected chi connectivity index (χ0v) is 18.2. The number of rotatable bonds is 6. The number of hydrogen-bond acceptors (Lipinski definition) is 8. The maximum Gasteiger partial charge on any atom is 0.225 e. The third-order valence-corrected chi connectivity index (χ3v) is 6.81. The number of nitrogens with two attached hydrogens (primary N) is 1. The normalized spacial score (nSPS) is 16.6. The first-order valence-electron chi connectivity index (χ1n) is 9.33. The van der Waals surface area contributed by atoms with Crippen LogP contribution in [0.5, 0.6) is 17.2 Å². The second-order valence-electron chi connectivity index (χ2n) is 7.29. The van der Waals surface area contributed by atoms with Gasteiger partial charge >= 0.3 is 0 Å². The number of hydrogen-bond donors (Lipinski definition) is 2. The lowest BCUT2D eigenvalue weighted by Crippen LogP contribution is -2.32. The van der Waals surface area contributed by atoms with Crippen LogP contribution in [0.25, 0.3) is 0 Å². The lowest BCUT2D eigenvalue weighted by Gasteiger charge is -2.23. The Hall–Kier alpha value is -2.26. The van der Waals surface area contributed by atoms with Crippen LogP contribution in [0.4, 0.5) is 11.8 Å². The number of nitrogens with zero attached hydrogens (tertiary/aromatic N) is 2. The van der Waals surface area contributed by atoms with E-state index in [1.807, 2.05) is 19.9 Å². The topological polar surface area (TPSA) is 116 Å². The second kappa shape index (κ2) is 8.62. The fraction of sp³-hybridized carbons (Fsp3) is 0.474. The molecule has 158 valence electrons. The Labute approximate surface area is 175 Å². The molecule has 8 nitrogen and oxygen atoms in total. The number of halogens is 1. The van der Waals surface area contributed by atoms with E-state index in [1.54, 1.807) is 13.2 Å². The van der Waals surface area contributed by atoms with Crippen molar-refractivity contribution in [1.29, 1.82) is 0 Å². The molecule has 0 radical (unpaired) electrons. The maximum atomic E-state index is 11.5. The molecule has 0 spiro atoms. The van der Waals surface area contributed by atoms with Gasteiger partial charge in [-0.1, -0.05) is 25.4 Å². The largest absolute Gasteiger partial charge is 0.495 e. The first-order valence-corrected chi connectivity index (χ1v) is 11.5. The molecule has 3 N–H and O–H groups in total. The monoisotopic (exact) mass is 440 g/mol. The molecule has 0 bridgehead atoms. The van der Waals surface area contributed by atoms with Crippen LogP contribution in [0.15, 0.2) is 18.3 Å². The molecule has 1 aliphatic rings. The number of ether oxygens (including phenoxy) is 2. The van der Waals surface area contributed by atoms with E-state index >= 15 is 0 Å². The molecule has 1 fully saturated rings. The van der Waals surface area contributed by atoms with Crippen LogP contribution in [-0.2, 0) is 9.84 Å². The van der Waals surface area contributed by atoms with Gasteiger partial charge in [0.25, 0.3) is 0 Å². The van der Waals surface area contributed by atoms with Gasteiger partial charge in [0.2, 0.25) is 5.95 Å². The molecule has 0 aliphatic carbocycles. The molecule has 0 unspecified atom stereocenters. The Morgan fingerprint density at radius 2 is 1.90 bits per heavy atom. The molecular weight excluding hydrogens is 416 g/mol. The third kappa shape index (κ3) is 5.22. The van der Waals surface area contributed by atoms with Crippen molar-refractivity contribution < 1.29 is 17.9 Å². The van der Waals surface area contributed by atoms with Crippen LogP contribution >= 0.6 is 11.6 Å². The maximum absolute atomic E-state index is 11.5. The molecule has 2 aromatic rings. The Balaban J connectivity index is 1.77. The van der Waals surface area contributed by atoms with Crippen molar-refractivity contribution in [2.75, 3.05) is 29.7 Å². The summed E-state index contributed by atoms with van der Waals surface area (Å²) >= 11 is 6.25. The van der Waals surface area contributed by atoms with Crippen LogP contribution < -0.4 is 20.5 Å². The van der Waals surface area contributed by atoms with Gasteiger partial charge in [0.15, 0.2) is 11.6 Å². The van der Waals surface area contributed by atoms with Gasteiger partial charge in [-0.05, 0) is 24.8 Å². The quantitative estimate of drug-likeness (QED) is 0.699. The number of sulfone groups is 1. The SMILES string of the molecule is COc1cc(C(C)C)c(Oc2cnc(NC3CCS(=O)(=O)CC3)nc2N)cc1Cl. The Bertz CT molecular complexity index is 984. The van der Waals surface area contributed by atoms with E-state index in [-0.39, 0.29) is 29.3 Å². The minimum atomic E-state index is -2.92. The van der Waals surface area contributed by atoms with E-state index < -0.39 is 9.84 Å². The minimum Gasteiger partial charge on any atom is -0.495 e. The van der Waals surface area contributed by atoms with Crippen LogP contribution in [-0.4, -0.2) is 43.0 Å². The molecule has 29 heavy (non-hydrogen) atoms. The third-order valence-electron chi connectivity index (χ3n) is 4.80. The van der Waals surface area contributed by atoms with Gasteiger partial charge in [0, 0.05) is 17.7 Å². The lowest BCUT2D eigenvalue weighted by molar-refractivity contribution is 0.411. The Morgan fingerprint density at radius 1 is 1.21 bits per heavy atom. The molecule has 0 atom stereocenters. The average molecular weight is 441 g/mol.